The number of hydrogen-bond acceptors (Lipinski definition) is 6. The first-order valence-electron chi connectivity index (χ1n) is 12.3. The van der Waals surface area contributed by atoms with Gasteiger partial charge in [0.15, 0.2) is 0 Å². The van der Waals surface area contributed by atoms with E-state index in [0.29, 0.717) is 17.2 Å². The van der Waals surface area contributed by atoms with Crippen molar-refractivity contribution in [1.82, 2.24) is 10.2 Å². The zero-order chi connectivity index (χ0) is 24.9. The van der Waals surface area contributed by atoms with Crippen LogP contribution in [0.5, 0.6) is 0 Å². The first kappa shape index (κ1) is 25.3. The molecule has 0 radical (unpaired) electrons. The van der Waals surface area contributed by atoms with E-state index in [1.165, 1.54) is 55.7 Å². The van der Waals surface area contributed by atoms with E-state index in [2.05, 4.69) is 5.32 Å². The zero-order valence-corrected chi connectivity index (χ0v) is 20.7. The molecule has 3 atom stereocenters. The third-order valence-electron chi connectivity index (χ3n) is 7.10. The predicted molar refractivity (Wildman–Crippen MR) is 131 cm³/mol. The number of benzene rings is 1. The molecule has 1 aliphatic carbocycles. The number of fused-ring (bicyclic) bond motifs is 1. The van der Waals surface area contributed by atoms with Gasteiger partial charge in [0, 0.05) is 18.2 Å². The molecule has 8 nitrogen and oxygen atoms in total. The van der Waals surface area contributed by atoms with Crippen LogP contribution < -0.4 is 5.32 Å². The maximum absolute atomic E-state index is 13.4. The minimum absolute atomic E-state index is 0.151. The van der Waals surface area contributed by atoms with Crippen LogP contribution in [0, 0.1) is 5.92 Å². The summed E-state index contributed by atoms with van der Waals surface area (Å²) in [7, 11) is 0. The third-order valence-corrected chi connectivity index (χ3v) is 8.44. The molecule has 3 aliphatic rings. The van der Waals surface area contributed by atoms with E-state index in [4.69, 9.17) is 4.74 Å². The molecule has 1 aromatic rings. The van der Waals surface area contributed by atoms with E-state index in [1.807, 2.05) is 30.3 Å². The van der Waals surface area contributed by atoms with Crippen molar-refractivity contribution < 1.29 is 29.0 Å². The number of thioether (sulfide) groups is 1. The topological polar surface area (TPSA) is 113 Å². The number of amides is 2. The van der Waals surface area contributed by atoms with Gasteiger partial charge in [-0.05, 0) is 24.3 Å². The van der Waals surface area contributed by atoms with Crippen molar-refractivity contribution in [3.8, 4) is 0 Å². The Morgan fingerprint density at radius 3 is 2.54 bits per heavy atom. The lowest BCUT2D eigenvalue weighted by atomic mass is 9.82. The SMILES string of the molecule is CC(=O)OCC1=C(C(=O)O)N2C(=O)[C@@H](NC(=O)C(CCC3CCCCC3)c3ccccc3)[C@H]2SC1. The van der Waals surface area contributed by atoms with E-state index < -0.39 is 29.3 Å². The summed E-state index contributed by atoms with van der Waals surface area (Å²) in [6, 6.07) is 8.86. The summed E-state index contributed by atoms with van der Waals surface area (Å²) in [5.41, 5.74) is 1.15. The van der Waals surface area contributed by atoms with Crippen molar-refractivity contribution in [2.45, 2.75) is 69.2 Å². The van der Waals surface area contributed by atoms with Gasteiger partial charge in [-0.15, -0.1) is 11.8 Å². The molecule has 1 aromatic carbocycles. The van der Waals surface area contributed by atoms with Crippen LogP contribution in [0.4, 0.5) is 0 Å². The maximum atomic E-state index is 13.4. The van der Waals surface area contributed by atoms with E-state index >= 15 is 0 Å². The molecular weight excluding hydrogens is 468 g/mol. The summed E-state index contributed by atoms with van der Waals surface area (Å²) in [5.74, 6) is -1.83. The van der Waals surface area contributed by atoms with Crippen LogP contribution >= 0.6 is 11.8 Å². The van der Waals surface area contributed by atoms with Crippen molar-refractivity contribution in [1.29, 1.82) is 0 Å². The molecular formula is C26H32N2O6S. The number of β-lactam (4-membered cyclic amide) rings is 1. The van der Waals surface area contributed by atoms with Crippen LogP contribution in [0.15, 0.2) is 41.6 Å². The zero-order valence-electron chi connectivity index (χ0n) is 19.9. The molecule has 1 unspecified atom stereocenters. The molecule has 35 heavy (non-hydrogen) atoms. The number of nitrogens with zero attached hydrogens (tertiary/aromatic N) is 1. The van der Waals surface area contributed by atoms with Gasteiger partial charge in [0.05, 0.1) is 5.92 Å². The third kappa shape index (κ3) is 5.72. The smallest absolute Gasteiger partial charge is 0.352 e. The van der Waals surface area contributed by atoms with Crippen molar-refractivity contribution in [2.75, 3.05) is 12.4 Å². The van der Waals surface area contributed by atoms with E-state index in [0.717, 1.165) is 18.4 Å². The number of carbonyl (C=O) groups excluding carboxylic acids is 3. The van der Waals surface area contributed by atoms with Gasteiger partial charge in [-0.1, -0.05) is 62.4 Å². The summed E-state index contributed by atoms with van der Waals surface area (Å²) in [5, 5.41) is 12.2. The molecule has 0 bridgehead atoms. The Morgan fingerprint density at radius 1 is 1.17 bits per heavy atom. The lowest BCUT2D eigenvalue weighted by Crippen LogP contribution is -2.71. The number of carboxylic acids is 1. The Kier molecular flexibility index (Phi) is 8.15. The summed E-state index contributed by atoms with van der Waals surface area (Å²) in [6.45, 7) is 1.08. The lowest BCUT2D eigenvalue weighted by Gasteiger charge is -2.49. The van der Waals surface area contributed by atoms with Gasteiger partial charge in [0.2, 0.25) is 5.91 Å². The molecule has 2 aliphatic heterocycles. The molecule has 0 aromatic heterocycles. The highest BCUT2D eigenvalue weighted by atomic mass is 32.2. The summed E-state index contributed by atoms with van der Waals surface area (Å²) in [6.07, 6.45) is 7.88. The van der Waals surface area contributed by atoms with Gasteiger partial charge in [-0.25, -0.2) is 4.79 Å². The molecule has 1 saturated carbocycles. The van der Waals surface area contributed by atoms with E-state index in [1.54, 1.807) is 0 Å². The first-order valence-corrected chi connectivity index (χ1v) is 13.3. The molecule has 2 N–H and O–H groups in total. The summed E-state index contributed by atoms with van der Waals surface area (Å²) in [4.78, 5) is 50.7. The van der Waals surface area contributed by atoms with Crippen molar-refractivity contribution >= 4 is 35.5 Å². The van der Waals surface area contributed by atoms with Crippen LogP contribution in [-0.2, 0) is 23.9 Å². The Hall–Kier alpha value is -2.81. The van der Waals surface area contributed by atoms with Crippen LogP contribution in [0.3, 0.4) is 0 Å². The van der Waals surface area contributed by atoms with Gasteiger partial charge in [-0.2, -0.15) is 0 Å². The number of ether oxygens (including phenoxy) is 1. The van der Waals surface area contributed by atoms with Gasteiger partial charge in [0.1, 0.15) is 23.7 Å². The van der Waals surface area contributed by atoms with Crippen molar-refractivity contribution in [2.24, 2.45) is 5.92 Å². The highest BCUT2D eigenvalue weighted by Gasteiger charge is 2.54. The fourth-order valence-electron chi connectivity index (χ4n) is 5.25. The van der Waals surface area contributed by atoms with E-state index in [-0.39, 0.29) is 24.1 Å². The molecule has 0 spiro atoms. The second-order valence-electron chi connectivity index (χ2n) is 9.48. The minimum Gasteiger partial charge on any atom is -0.477 e. The quantitative estimate of drug-likeness (QED) is 0.394. The average molecular weight is 501 g/mol. The number of rotatable bonds is 9. The number of carbonyl (C=O) groups is 4. The number of aliphatic carboxylic acids is 1. The molecule has 2 heterocycles. The second kappa shape index (κ2) is 11.3. The Bertz CT molecular complexity index is 1000. The Labute approximate surface area is 209 Å². The number of carboxylic acid groups (broad SMARTS) is 1. The van der Waals surface area contributed by atoms with Gasteiger partial charge in [0.25, 0.3) is 5.91 Å². The molecule has 1 saturated heterocycles. The Balaban J connectivity index is 1.45. The molecule has 2 amide bonds. The van der Waals surface area contributed by atoms with Crippen molar-refractivity contribution in [3.05, 3.63) is 47.2 Å². The lowest BCUT2D eigenvalue weighted by molar-refractivity contribution is -0.151. The normalized spacial score (nSPS) is 23.2. The number of hydrogen-bond donors (Lipinski definition) is 2. The molecule has 9 heteroatoms. The van der Waals surface area contributed by atoms with Crippen LogP contribution in [0.2, 0.25) is 0 Å². The predicted octanol–water partition coefficient (Wildman–Crippen LogP) is 3.43. The average Bonchev–Trinajstić information content (AvgIpc) is 2.86. The highest BCUT2D eigenvalue weighted by Crippen LogP contribution is 2.41. The Morgan fingerprint density at radius 2 is 1.89 bits per heavy atom. The van der Waals surface area contributed by atoms with Gasteiger partial charge >= 0.3 is 11.9 Å². The number of nitrogens with one attached hydrogen (secondary N) is 1. The van der Waals surface area contributed by atoms with Crippen LogP contribution in [-0.4, -0.2) is 57.5 Å². The standard InChI is InChI=1S/C26H32N2O6S/c1-16(29)34-14-19-15-35-25-21(24(31)28(25)22(19)26(32)33)27-23(30)20(18-10-6-3-7-11-18)13-12-17-8-4-2-5-9-17/h3,6-7,10-11,17,20-21,25H,2,4-5,8-9,12-15H2,1H3,(H,27,30)(H,32,33)/t20?,21-,25-/m1/s1. The first-order chi connectivity index (χ1) is 16.9. The minimum atomic E-state index is -1.25. The molecule has 2 fully saturated rings. The monoisotopic (exact) mass is 500 g/mol. The van der Waals surface area contributed by atoms with Crippen LogP contribution in [0.25, 0.3) is 0 Å². The molecule has 188 valence electrons. The van der Waals surface area contributed by atoms with Gasteiger partial charge in [-0.3, -0.25) is 19.3 Å². The maximum Gasteiger partial charge on any atom is 0.352 e. The second-order valence-corrected chi connectivity index (χ2v) is 10.6. The molecule has 4 rings (SSSR count). The highest BCUT2D eigenvalue weighted by molar-refractivity contribution is 8.00. The van der Waals surface area contributed by atoms with Crippen molar-refractivity contribution in [3.63, 3.8) is 0 Å². The van der Waals surface area contributed by atoms with E-state index in [9.17, 15) is 24.3 Å². The largest absolute Gasteiger partial charge is 0.477 e. The summed E-state index contributed by atoms with van der Waals surface area (Å²) >= 11 is 1.37. The van der Waals surface area contributed by atoms with Gasteiger partial charge < -0.3 is 15.2 Å². The summed E-state index contributed by atoms with van der Waals surface area (Å²) < 4.78 is 4.97. The fourth-order valence-corrected chi connectivity index (χ4v) is 6.58. The number of esters is 1. The van der Waals surface area contributed by atoms with Crippen LogP contribution in [0.1, 0.15) is 63.4 Å². The fraction of sp³-hybridized carbons (Fsp3) is 0.538.